The van der Waals surface area contributed by atoms with E-state index in [9.17, 15) is 18.0 Å². The lowest BCUT2D eigenvalue weighted by Gasteiger charge is -2.30. The Bertz CT molecular complexity index is 1020. The fourth-order valence-corrected chi connectivity index (χ4v) is 7.24. The van der Waals surface area contributed by atoms with Crippen LogP contribution >= 0.6 is 22.7 Å². The molecule has 2 aliphatic rings. The molecule has 4 rings (SSSR count). The van der Waals surface area contributed by atoms with E-state index in [1.807, 2.05) is 4.90 Å². The summed E-state index contributed by atoms with van der Waals surface area (Å²) in [6, 6.07) is 1.50. The first-order valence-electron chi connectivity index (χ1n) is 10.4. The van der Waals surface area contributed by atoms with Crippen LogP contribution in [0.4, 0.5) is 5.13 Å². The molecule has 0 atom stereocenters. The van der Waals surface area contributed by atoms with E-state index in [0.29, 0.717) is 42.5 Å². The van der Waals surface area contributed by atoms with Crippen molar-refractivity contribution in [2.45, 2.75) is 36.8 Å². The van der Waals surface area contributed by atoms with Gasteiger partial charge in [0.15, 0.2) is 5.13 Å². The summed E-state index contributed by atoms with van der Waals surface area (Å²) in [6.07, 6.45) is 4.50. The molecule has 31 heavy (non-hydrogen) atoms. The van der Waals surface area contributed by atoms with Crippen molar-refractivity contribution in [3.05, 3.63) is 28.6 Å². The molecule has 2 aliphatic heterocycles. The van der Waals surface area contributed by atoms with Crippen LogP contribution in [-0.4, -0.2) is 60.6 Å². The second-order valence-electron chi connectivity index (χ2n) is 8.13. The maximum atomic E-state index is 13.1. The van der Waals surface area contributed by atoms with Gasteiger partial charge in [-0.2, -0.15) is 4.31 Å². The van der Waals surface area contributed by atoms with Gasteiger partial charge in [-0.1, -0.05) is 6.92 Å². The first kappa shape index (κ1) is 22.4. The number of thiazole rings is 1. The third-order valence-corrected chi connectivity index (χ3v) is 9.98. The Kier molecular flexibility index (Phi) is 6.75. The minimum absolute atomic E-state index is 0.0952. The minimum Gasteiger partial charge on any atom is -0.339 e. The third-order valence-electron chi connectivity index (χ3n) is 5.97. The van der Waals surface area contributed by atoms with Crippen molar-refractivity contribution in [1.82, 2.24) is 14.2 Å². The summed E-state index contributed by atoms with van der Waals surface area (Å²) in [6.45, 7) is 4.18. The molecule has 0 unspecified atom stereocenters. The fraction of sp³-hybridized carbons (Fsp3) is 0.550. The number of sulfonamides is 1. The van der Waals surface area contributed by atoms with Crippen molar-refractivity contribution in [3.63, 3.8) is 0 Å². The first-order valence-corrected chi connectivity index (χ1v) is 13.6. The highest BCUT2D eigenvalue weighted by Crippen LogP contribution is 2.29. The number of rotatable bonds is 5. The SMILES string of the molecule is CC1CCN(C(=O)c2csc(S(=O)(=O)N3CCC(C(=O)Nc4nccs4)CC3)c2)CC1. The molecule has 4 heterocycles. The number of aromatic nitrogens is 1. The molecule has 0 aliphatic carbocycles. The molecule has 1 N–H and O–H groups in total. The van der Waals surface area contributed by atoms with Gasteiger partial charge in [0, 0.05) is 49.1 Å². The van der Waals surface area contributed by atoms with E-state index in [2.05, 4.69) is 17.2 Å². The van der Waals surface area contributed by atoms with Gasteiger partial charge in [-0.3, -0.25) is 9.59 Å². The molecule has 0 radical (unpaired) electrons. The van der Waals surface area contributed by atoms with Crippen LogP contribution in [-0.2, 0) is 14.8 Å². The van der Waals surface area contributed by atoms with E-state index in [0.717, 1.165) is 24.2 Å². The minimum atomic E-state index is -3.67. The average Bonchev–Trinajstić information content (AvgIpc) is 3.46. The van der Waals surface area contributed by atoms with Gasteiger partial charge >= 0.3 is 0 Å². The van der Waals surface area contributed by atoms with Gasteiger partial charge < -0.3 is 10.2 Å². The molecule has 0 bridgehead atoms. The number of hydrogen-bond acceptors (Lipinski definition) is 7. The lowest BCUT2D eigenvalue weighted by atomic mass is 9.97. The summed E-state index contributed by atoms with van der Waals surface area (Å²) < 4.78 is 27.8. The largest absolute Gasteiger partial charge is 0.339 e. The number of hydrogen-bond donors (Lipinski definition) is 1. The fourth-order valence-electron chi connectivity index (χ4n) is 3.94. The zero-order valence-electron chi connectivity index (χ0n) is 17.3. The first-order chi connectivity index (χ1) is 14.8. The van der Waals surface area contributed by atoms with Crippen molar-refractivity contribution in [1.29, 1.82) is 0 Å². The molecule has 8 nitrogen and oxygen atoms in total. The van der Waals surface area contributed by atoms with Crippen LogP contribution in [0, 0.1) is 11.8 Å². The normalized spacial score (nSPS) is 19.5. The molecule has 2 aromatic rings. The summed E-state index contributed by atoms with van der Waals surface area (Å²) in [5.74, 6) is 0.167. The molecule has 2 aromatic heterocycles. The molecule has 0 aromatic carbocycles. The van der Waals surface area contributed by atoms with E-state index in [1.54, 1.807) is 17.0 Å². The zero-order chi connectivity index (χ0) is 22.0. The Morgan fingerprint density at radius 2 is 1.81 bits per heavy atom. The molecule has 168 valence electrons. The Morgan fingerprint density at radius 1 is 1.10 bits per heavy atom. The molecule has 2 fully saturated rings. The number of likely N-dealkylation sites (tertiary alicyclic amines) is 1. The third kappa shape index (κ3) is 5.00. The smallest absolute Gasteiger partial charge is 0.254 e. The molecule has 0 saturated carbocycles. The Balaban J connectivity index is 1.36. The maximum Gasteiger partial charge on any atom is 0.254 e. The maximum absolute atomic E-state index is 13.1. The number of carbonyl (C=O) groups is 2. The van der Waals surface area contributed by atoms with Gasteiger partial charge in [0.25, 0.3) is 15.9 Å². The standard InChI is InChI=1S/C20H26N4O4S3/c1-14-2-7-23(8-3-14)19(26)16-12-17(30-13-16)31(27,28)24-9-4-15(5-10-24)18(25)22-20-21-6-11-29-20/h6,11-15H,2-5,7-10H2,1H3,(H,21,22,25). The average molecular weight is 483 g/mol. The number of nitrogens with one attached hydrogen (secondary N) is 1. The van der Waals surface area contributed by atoms with Gasteiger partial charge in [-0.15, -0.1) is 22.7 Å². The van der Waals surface area contributed by atoms with Crippen LogP contribution in [0.3, 0.4) is 0 Å². The van der Waals surface area contributed by atoms with E-state index in [1.165, 1.54) is 21.7 Å². The molecule has 11 heteroatoms. The van der Waals surface area contributed by atoms with Gasteiger partial charge in [0.1, 0.15) is 4.21 Å². The van der Waals surface area contributed by atoms with Crippen LogP contribution in [0.5, 0.6) is 0 Å². The number of anilines is 1. The summed E-state index contributed by atoms with van der Waals surface area (Å²) >= 11 is 2.44. The van der Waals surface area contributed by atoms with E-state index in [4.69, 9.17) is 0 Å². The predicted octanol–water partition coefficient (Wildman–Crippen LogP) is 3.12. The molecule has 2 saturated heterocycles. The van der Waals surface area contributed by atoms with E-state index in [-0.39, 0.29) is 35.0 Å². The summed E-state index contributed by atoms with van der Waals surface area (Å²) in [5, 5.41) is 6.77. The number of carbonyl (C=O) groups excluding carboxylic acids is 2. The van der Waals surface area contributed by atoms with Gasteiger partial charge in [-0.05, 0) is 37.7 Å². The van der Waals surface area contributed by atoms with Crippen LogP contribution in [0.2, 0.25) is 0 Å². The lowest BCUT2D eigenvalue weighted by Crippen LogP contribution is -2.41. The van der Waals surface area contributed by atoms with Crippen LogP contribution in [0.1, 0.15) is 43.0 Å². The molecule has 0 spiro atoms. The predicted molar refractivity (Wildman–Crippen MR) is 121 cm³/mol. The number of piperidine rings is 2. The quantitative estimate of drug-likeness (QED) is 0.706. The highest BCUT2D eigenvalue weighted by atomic mass is 32.2. The van der Waals surface area contributed by atoms with Gasteiger partial charge in [0.05, 0.1) is 5.56 Å². The molecular weight excluding hydrogens is 456 g/mol. The number of amides is 2. The molecule has 2 amide bonds. The van der Waals surface area contributed by atoms with Crippen molar-refractivity contribution in [3.8, 4) is 0 Å². The van der Waals surface area contributed by atoms with E-state index < -0.39 is 10.0 Å². The van der Waals surface area contributed by atoms with Crippen molar-refractivity contribution < 1.29 is 18.0 Å². The zero-order valence-corrected chi connectivity index (χ0v) is 19.8. The number of thiophene rings is 1. The van der Waals surface area contributed by atoms with Crippen LogP contribution in [0.15, 0.2) is 27.2 Å². The highest BCUT2D eigenvalue weighted by molar-refractivity contribution is 7.91. The van der Waals surface area contributed by atoms with Crippen molar-refractivity contribution in [2.24, 2.45) is 11.8 Å². The summed E-state index contributed by atoms with van der Waals surface area (Å²) in [5.41, 5.74) is 0.441. The van der Waals surface area contributed by atoms with Crippen LogP contribution < -0.4 is 5.32 Å². The van der Waals surface area contributed by atoms with Crippen molar-refractivity contribution >= 4 is 49.6 Å². The summed E-state index contributed by atoms with van der Waals surface area (Å²) in [7, 11) is -3.67. The highest BCUT2D eigenvalue weighted by Gasteiger charge is 2.34. The Labute approximate surface area is 190 Å². The monoisotopic (exact) mass is 482 g/mol. The van der Waals surface area contributed by atoms with Crippen LogP contribution in [0.25, 0.3) is 0 Å². The summed E-state index contributed by atoms with van der Waals surface area (Å²) in [4.78, 5) is 31.0. The lowest BCUT2D eigenvalue weighted by molar-refractivity contribution is -0.120. The van der Waals surface area contributed by atoms with Crippen molar-refractivity contribution in [2.75, 3.05) is 31.5 Å². The van der Waals surface area contributed by atoms with Gasteiger partial charge in [0.2, 0.25) is 5.91 Å². The Morgan fingerprint density at radius 3 is 2.45 bits per heavy atom. The Hall–Kier alpha value is -1.82. The molecular formula is C20H26N4O4S3. The van der Waals surface area contributed by atoms with E-state index >= 15 is 0 Å². The second kappa shape index (κ2) is 9.35. The topological polar surface area (TPSA) is 99.7 Å². The number of nitrogens with zero attached hydrogens (tertiary/aromatic N) is 3. The second-order valence-corrected chi connectivity index (χ2v) is 12.1. The van der Waals surface area contributed by atoms with Gasteiger partial charge in [-0.25, -0.2) is 13.4 Å².